The number of ether oxygens (including phenoxy) is 1. The lowest BCUT2D eigenvalue weighted by Gasteiger charge is -2.27. The van der Waals surface area contributed by atoms with Gasteiger partial charge in [-0.2, -0.15) is 0 Å². The third-order valence-electron chi connectivity index (χ3n) is 5.27. The molecular formula is C26H20BrFN2O4. The first-order chi connectivity index (χ1) is 16.2. The molecule has 0 spiro atoms. The number of barbiturate groups is 1. The van der Waals surface area contributed by atoms with E-state index in [0.29, 0.717) is 21.5 Å². The summed E-state index contributed by atoms with van der Waals surface area (Å²) in [6.45, 7) is 3.86. The highest BCUT2D eigenvalue weighted by Gasteiger charge is 2.37. The maximum absolute atomic E-state index is 13.3. The number of urea groups is 1. The van der Waals surface area contributed by atoms with E-state index in [0.717, 1.165) is 21.6 Å². The number of imide groups is 2. The molecule has 4 rings (SSSR count). The van der Waals surface area contributed by atoms with E-state index < -0.39 is 17.8 Å². The number of benzene rings is 3. The van der Waals surface area contributed by atoms with Crippen LogP contribution in [0.25, 0.3) is 6.08 Å². The van der Waals surface area contributed by atoms with Crippen LogP contribution in [-0.2, 0) is 16.2 Å². The maximum Gasteiger partial charge on any atom is 0.335 e. The van der Waals surface area contributed by atoms with Crippen LogP contribution in [-0.4, -0.2) is 17.8 Å². The number of rotatable bonds is 5. The van der Waals surface area contributed by atoms with Crippen LogP contribution in [0.5, 0.6) is 5.75 Å². The van der Waals surface area contributed by atoms with Crippen molar-refractivity contribution in [3.8, 4) is 5.75 Å². The molecule has 0 aromatic heterocycles. The Kier molecular flexibility index (Phi) is 6.61. The van der Waals surface area contributed by atoms with Crippen molar-refractivity contribution in [2.75, 3.05) is 4.90 Å². The fourth-order valence-corrected chi connectivity index (χ4v) is 3.97. The molecular weight excluding hydrogens is 503 g/mol. The molecule has 172 valence electrons. The second kappa shape index (κ2) is 9.61. The van der Waals surface area contributed by atoms with Crippen LogP contribution in [0.1, 0.15) is 22.3 Å². The van der Waals surface area contributed by atoms with Gasteiger partial charge < -0.3 is 4.74 Å². The zero-order valence-electron chi connectivity index (χ0n) is 18.4. The van der Waals surface area contributed by atoms with Crippen molar-refractivity contribution in [1.82, 2.24) is 5.32 Å². The maximum atomic E-state index is 13.3. The van der Waals surface area contributed by atoms with Crippen LogP contribution < -0.4 is 15.0 Å². The van der Waals surface area contributed by atoms with Gasteiger partial charge in [0, 0.05) is 10.0 Å². The zero-order valence-corrected chi connectivity index (χ0v) is 20.0. The molecule has 0 unspecified atom stereocenters. The minimum Gasteiger partial charge on any atom is -0.488 e. The highest BCUT2D eigenvalue weighted by molar-refractivity contribution is 9.10. The Morgan fingerprint density at radius 1 is 1.00 bits per heavy atom. The molecule has 0 bridgehead atoms. The number of amides is 4. The summed E-state index contributed by atoms with van der Waals surface area (Å²) in [6.07, 6.45) is 1.39. The van der Waals surface area contributed by atoms with Crippen molar-refractivity contribution < 1.29 is 23.5 Å². The van der Waals surface area contributed by atoms with Gasteiger partial charge in [0.15, 0.2) is 0 Å². The summed E-state index contributed by atoms with van der Waals surface area (Å²) in [5, 5.41) is 2.24. The molecule has 1 aliphatic heterocycles. The predicted molar refractivity (Wildman–Crippen MR) is 130 cm³/mol. The smallest absolute Gasteiger partial charge is 0.335 e. The quantitative estimate of drug-likeness (QED) is 0.357. The molecule has 4 amide bonds. The largest absolute Gasteiger partial charge is 0.488 e. The van der Waals surface area contributed by atoms with Gasteiger partial charge in [0.2, 0.25) is 0 Å². The number of hydrogen-bond acceptors (Lipinski definition) is 4. The molecule has 0 aliphatic carbocycles. The Balaban J connectivity index is 1.68. The highest BCUT2D eigenvalue weighted by atomic mass is 79.9. The SMILES string of the molecule is Cc1ccc(N2C(=O)NC(=O)/C(=C\c3cc(Br)ccc3OCc3ccc(F)cc3)C2=O)c(C)c1. The van der Waals surface area contributed by atoms with E-state index in [2.05, 4.69) is 21.2 Å². The number of halogens is 2. The van der Waals surface area contributed by atoms with Crippen LogP contribution in [0.2, 0.25) is 0 Å². The standard InChI is InChI=1S/C26H20BrFN2O4/c1-15-3-9-22(16(2)11-15)30-25(32)21(24(31)29-26(30)33)13-18-12-19(27)6-10-23(18)34-14-17-4-7-20(28)8-5-17/h3-13H,14H2,1-2H3,(H,29,31,33)/b21-13+. The summed E-state index contributed by atoms with van der Waals surface area (Å²) in [5.41, 5.74) is 3.11. The summed E-state index contributed by atoms with van der Waals surface area (Å²) < 4.78 is 19.8. The minimum absolute atomic E-state index is 0.158. The number of aryl methyl sites for hydroxylation is 2. The lowest BCUT2D eigenvalue weighted by molar-refractivity contribution is -0.122. The van der Waals surface area contributed by atoms with Crippen LogP contribution >= 0.6 is 15.9 Å². The van der Waals surface area contributed by atoms with Gasteiger partial charge in [0.1, 0.15) is 23.7 Å². The fraction of sp³-hybridized carbons (Fsp3) is 0.115. The molecule has 1 fully saturated rings. The first-order valence-corrected chi connectivity index (χ1v) is 11.2. The van der Waals surface area contributed by atoms with Gasteiger partial charge in [-0.3, -0.25) is 14.9 Å². The zero-order chi connectivity index (χ0) is 24.4. The highest BCUT2D eigenvalue weighted by Crippen LogP contribution is 2.30. The van der Waals surface area contributed by atoms with Gasteiger partial charge in [-0.1, -0.05) is 45.8 Å². The summed E-state index contributed by atoms with van der Waals surface area (Å²) in [5.74, 6) is -1.45. The van der Waals surface area contributed by atoms with Crippen LogP contribution in [0.15, 0.2) is 70.7 Å². The van der Waals surface area contributed by atoms with Crippen molar-refractivity contribution in [2.45, 2.75) is 20.5 Å². The third-order valence-corrected chi connectivity index (χ3v) is 5.77. The van der Waals surface area contributed by atoms with Crippen molar-refractivity contribution in [3.05, 3.63) is 98.8 Å². The van der Waals surface area contributed by atoms with E-state index in [9.17, 15) is 18.8 Å². The van der Waals surface area contributed by atoms with Gasteiger partial charge in [0.05, 0.1) is 5.69 Å². The molecule has 1 heterocycles. The lowest BCUT2D eigenvalue weighted by atomic mass is 10.0. The Morgan fingerprint density at radius 3 is 2.44 bits per heavy atom. The first-order valence-electron chi connectivity index (χ1n) is 10.4. The van der Waals surface area contributed by atoms with Gasteiger partial charge in [-0.25, -0.2) is 14.1 Å². The van der Waals surface area contributed by atoms with Crippen LogP contribution in [0, 0.1) is 19.7 Å². The molecule has 0 saturated carbocycles. The minimum atomic E-state index is -0.805. The van der Waals surface area contributed by atoms with Gasteiger partial charge >= 0.3 is 6.03 Å². The molecule has 0 atom stereocenters. The number of nitrogens with zero attached hydrogens (tertiary/aromatic N) is 1. The monoisotopic (exact) mass is 522 g/mol. The van der Waals surface area contributed by atoms with Crippen molar-refractivity contribution in [1.29, 1.82) is 0 Å². The van der Waals surface area contributed by atoms with Gasteiger partial charge in [0.25, 0.3) is 11.8 Å². The molecule has 34 heavy (non-hydrogen) atoms. The fourth-order valence-electron chi connectivity index (χ4n) is 3.59. The van der Waals surface area contributed by atoms with Crippen LogP contribution in [0.4, 0.5) is 14.9 Å². The Hall–Kier alpha value is -3.78. The predicted octanol–water partition coefficient (Wildman–Crippen LogP) is 5.45. The molecule has 0 radical (unpaired) electrons. The molecule has 3 aromatic carbocycles. The van der Waals surface area contributed by atoms with E-state index in [4.69, 9.17) is 4.74 Å². The van der Waals surface area contributed by atoms with Gasteiger partial charge in [-0.15, -0.1) is 0 Å². The average Bonchev–Trinajstić information content (AvgIpc) is 2.78. The molecule has 3 aromatic rings. The van der Waals surface area contributed by atoms with Gasteiger partial charge in [-0.05, 0) is 67.4 Å². The summed E-state index contributed by atoms with van der Waals surface area (Å²) in [7, 11) is 0. The van der Waals surface area contributed by atoms with Crippen molar-refractivity contribution in [2.24, 2.45) is 0 Å². The number of anilines is 1. The molecule has 8 heteroatoms. The van der Waals surface area contributed by atoms with Crippen molar-refractivity contribution in [3.63, 3.8) is 0 Å². The van der Waals surface area contributed by atoms with Crippen molar-refractivity contribution >= 4 is 45.5 Å². The topological polar surface area (TPSA) is 75.7 Å². The van der Waals surface area contributed by atoms with Crippen LogP contribution in [0.3, 0.4) is 0 Å². The molecule has 1 N–H and O–H groups in total. The number of hydrogen-bond donors (Lipinski definition) is 1. The second-order valence-electron chi connectivity index (χ2n) is 7.85. The Labute approximate surface area is 204 Å². The summed E-state index contributed by atoms with van der Waals surface area (Å²) in [6, 6.07) is 15.6. The molecule has 1 aliphatic rings. The second-order valence-corrected chi connectivity index (χ2v) is 8.76. The number of carbonyl (C=O) groups excluding carboxylic acids is 3. The van der Waals surface area contributed by atoms with E-state index >= 15 is 0 Å². The molecule has 1 saturated heterocycles. The normalized spacial score (nSPS) is 15.0. The van der Waals surface area contributed by atoms with E-state index in [1.165, 1.54) is 18.2 Å². The van der Waals surface area contributed by atoms with E-state index in [1.54, 1.807) is 49.4 Å². The van der Waals surface area contributed by atoms with E-state index in [1.807, 2.05) is 13.0 Å². The number of carbonyl (C=O) groups is 3. The first kappa shape index (κ1) is 23.4. The summed E-state index contributed by atoms with van der Waals surface area (Å²) in [4.78, 5) is 39.4. The Bertz CT molecular complexity index is 1340. The lowest BCUT2D eigenvalue weighted by Crippen LogP contribution is -2.54. The average molecular weight is 523 g/mol. The third kappa shape index (κ3) is 4.92. The number of nitrogens with one attached hydrogen (secondary N) is 1. The van der Waals surface area contributed by atoms with E-state index in [-0.39, 0.29) is 18.0 Å². The summed E-state index contributed by atoms with van der Waals surface area (Å²) >= 11 is 3.39. The Morgan fingerprint density at radius 2 is 1.74 bits per heavy atom. The molecule has 6 nitrogen and oxygen atoms in total.